The number of amides is 1. The molecule has 0 spiro atoms. The van der Waals surface area contributed by atoms with E-state index in [1.165, 1.54) is 0 Å². The minimum Gasteiger partial charge on any atom is -0.497 e. The van der Waals surface area contributed by atoms with Gasteiger partial charge in [0.15, 0.2) is 11.5 Å². The molecule has 212 valence electrons. The number of methoxy groups -OCH3 is 1. The third-order valence-corrected chi connectivity index (χ3v) is 5.89. The van der Waals surface area contributed by atoms with E-state index in [1.807, 2.05) is 34.7 Å². The van der Waals surface area contributed by atoms with E-state index in [-0.39, 0.29) is 5.91 Å². The monoisotopic (exact) mass is 561 g/mol. The van der Waals surface area contributed by atoms with Crippen LogP contribution in [0.1, 0.15) is 10.5 Å². The average molecular weight is 562 g/mol. The highest BCUT2D eigenvalue weighted by molar-refractivity contribution is 5.99. The molecule has 0 atom stereocenters. The summed E-state index contributed by atoms with van der Waals surface area (Å²) in [6.45, 7) is 4.53. The lowest BCUT2D eigenvalue weighted by atomic mass is 10.3. The summed E-state index contributed by atoms with van der Waals surface area (Å²) in [5.74, 6) is -1.66. The smallest absolute Gasteiger partial charge is 0.490 e. The number of aliphatic carboxylic acids is 1. The Bertz CT molecular complexity index is 1460. The highest BCUT2D eigenvalue weighted by Crippen LogP contribution is 2.26. The number of ether oxygens (including phenoxy) is 2. The van der Waals surface area contributed by atoms with E-state index < -0.39 is 12.1 Å². The van der Waals surface area contributed by atoms with Crippen LogP contribution >= 0.6 is 0 Å². The van der Waals surface area contributed by atoms with Gasteiger partial charge in [-0.2, -0.15) is 18.3 Å². The fourth-order valence-electron chi connectivity index (χ4n) is 3.94. The van der Waals surface area contributed by atoms with Crippen molar-refractivity contribution in [1.29, 1.82) is 0 Å². The molecule has 5 rings (SSSR count). The Morgan fingerprint density at radius 2 is 1.93 bits per heavy atom. The minimum absolute atomic E-state index is 0.229. The maximum Gasteiger partial charge on any atom is 0.490 e. The fourth-order valence-corrected chi connectivity index (χ4v) is 3.94. The summed E-state index contributed by atoms with van der Waals surface area (Å²) >= 11 is 0. The van der Waals surface area contributed by atoms with Gasteiger partial charge in [0.25, 0.3) is 5.91 Å². The Hall–Kier alpha value is -4.50. The van der Waals surface area contributed by atoms with E-state index in [0.717, 1.165) is 50.0 Å². The Balaban J connectivity index is 0.000000470. The number of rotatable bonds is 7. The van der Waals surface area contributed by atoms with E-state index >= 15 is 0 Å². The van der Waals surface area contributed by atoms with E-state index in [9.17, 15) is 18.0 Å². The summed E-state index contributed by atoms with van der Waals surface area (Å²) in [5, 5.41) is 14.6. The van der Waals surface area contributed by atoms with Crippen LogP contribution in [0.2, 0.25) is 0 Å². The number of hydrogen-bond donors (Lipinski definition) is 2. The van der Waals surface area contributed by atoms with Crippen molar-refractivity contribution in [3.05, 3.63) is 60.8 Å². The van der Waals surface area contributed by atoms with Crippen LogP contribution in [-0.4, -0.2) is 98.7 Å². The van der Waals surface area contributed by atoms with Crippen LogP contribution in [0.5, 0.6) is 5.75 Å². The second kappa shape index (κ2) is 12.6. The number of aromatic nitrogens is 5. The van der Waals surface area contributed by atoms with Gasteiger partial charge in [-0.15, -0.1) is 0 Å². The molecule has 1 saturated heterocycles. The molecule has 0 radical (unpaired) electrons. The molecule has 4 heterocycles. The number of carbonyl (C=O) groups excluding carboxylic acids is 1. The number of benzene rings is 1. The molecule has 12 nitrogen and oxygen atoms in total. The van der Waals surface area contributed by atoms with Gasteiger partial charge in [-0.1, -0.05) is 6.07 Å². The van der Waals surface area contributed by atoms with Gasteiger partial charge in [0.05, 0.1) is 43.9 Å². The van der Waals surface area contributed by atoms with E-state index in [0.29, 0.717) is 23.6 Å². The normalized spacial score (nSPS) is 13.9. The lowest BCUT2D eigenvalue weighted by Crippen LogP contribution is -2.41. The molecule has 4 aromatic rings. The molecule has 0 unspecified atom stereocenters. The average Bonchev–Trinajstić information content (AvgIpc) is 3.59. The maximum absolute atomic E-state index is 13.0. The summed E-state index contributed by atoms with van der Waals surface area (Å²) in [6, 6.07) is 9.49. The molecule has 1 aliphatic heterocycles. The number of morpholine rings is 1. The maximum atomic E-state index is 13.0. The first kappa shape index (κ1) is 28.5. The molecular weight excluding hydrogens is 535 g/mol. The molecule has 0 saturated carbocycles. The van der Waals surface area contributed by atoms with Gasteiger partial charge in [-0.25, -0.2) is 14.5 Å². The SMILES string of the molecule is COc1cccc(-n2nccc2-c2nc(C(=O)NCCN3CCOCC3)c3cnccn23)c1.O=C(O)C(F)(F)F. The number of fused-ring (bicyclic) bond motifs is 1. The van der Waals surface area contributed by atoms with Gasteiger partial charge in [0, 0.05) is 44.6 Å². The number of carbonyl (C=O) groups is 2. The van der Waals surface area contributed by atoms with Crippen LogP contribution in [0.3, 0.4) is 0 Å². The van der Waals surface area contributed by atoms with Gasteiger partial charge in [-0.05, 0) is 18.2 Å². The molecule has 1 aliphatic rings. The fraction of sp³-hybridized carbons (Fsp3) is 0.320. The molecule has 1 fully saturated rings. The third kappa shape index (κ3) is 6.73. The molecule has 0 bridgehead atoms. The molecule has 15 heteroatoms. The summed E-state index contributed by atoms with van der Waals surface area (Å²) in [5.41, 5.74) is 2.54. The van der Waals surface area contributed by atoms with Crippen LogP contribution in [0.4, 0.5) is 13.2 Å². The zero-order valence-corrected chi connectivity index (χ0v) is 21.3. The minimum atomic E-state index is -5.08. The van der Waals surface area contributed by atoms with E-state index in [2.05, 4.69) is 20.3 Å². The second-order valence-electron chi connectivity index (χ2n) is 8.46. The van der Waals surface area contributed by atoms with Crippen LogP contribution in [0.25, 0.3) is 22.7 Å². The number of nitrogens with one attached hydrogen (secondary N) is 1. The number of halogens is 3. The first-order chi connectivity index (χ1) is 19.2. The predicted octanol–water partition coefficient (Wildman–Crippen LogP) is 2.29. The quantitative estimate of drug-likeness (QED) is 0.348. The Morgan fingerprint density at radius 3 is 2.62 bits per heavy atom. The number of hydrogen-bond acceptors (Lipinski definition) is 8. The predicted molar refractivity (Wildman–Crippen MR) is 135 cm³/mol. The number of alkyl halides is 3. The first-order valence-electron chi connectivity index (χ1n) is 12.1. The number of carboxylic acids is 1. The lowest BCUT2D eigenvalue weighted by Gasteiger charge is -2.26. The number of nitrogens with zero attached hydrogens (tertiary/aromatic N) is 6. The van der Waals surface area contributed by atoms with Crippen molar-refractivity contribution in [1.82, 2.24) is 34.4 Å². The second-order valence-corrected chi connectivity index (χ2v) is 8.46. The zero-order valence-electron chi connectivity index (χ0n) is 21.3. The van der Waals surface area contributed by atoms with Crippen molar-refractivity contribution in [3.63, 3.8) is 0 Å². The van der Waals surface area contributed by atoms with Crippen LogP contribution in [0, 0.1) is 0 Å². The van der Waals surface area contributed by atoms with E-state index in [4.69, 9.17) is 24.4 Å². The molecule has 40 heavy (non-hydrogen) atoms. The van der Waals surface area contributed by atoms with Crippen LogP contribution < -0.4 is 10.1 Å². The summed E-state index contributed by atoms with van der Waals surface area (Å²) in [7, 11) is 1.63. The van der Waals surface area contributed by atoms with Crippen molar-refractivity contribution in [2.75, 3.05) is 46.5 Å². The Morgan fingerprint density at radius 1 is 1.18 bits per heavy atom. The molecular formula is C25H26F3N7O5. The van der Waals surface area contributed by atoms with Crippen molar-refractivity contribution < 1.29 is 37.3 Å². The summed E-state index contributed by atoms with van der Waals surface area (Å²) < 4.78 is 46.1. The highest BCUT2D eigenvalue weighted by Gasteiger charge is 2.38. The molecule has 3 aromatic heterocycles. The Kier molecular flexibility index (Phi) is 8.96. The topological polar surface area (TPSA) is 136 Å². The largest absolute Gasteiger partial charge is 0.497 e. The first-order valence-corrected chi connectivity index (χ1v) is 12.1. The molecule has 1 amide bonds. The van der Waals surface area contributed by atoms with Gasteiger partial charge >= 0.3 is 12.1 Å². The standard InChI is InChI=1S/C23H25N7O3.C2HF3O2/c1-32-18-4-2-3-17(15-18)30-19(5-6-26-30)22-27-21(20-16-24-7-10-29(20)22)23(31)25-8-9-28-11-13-33-14-12-28;3-2(4,5)1(6)7/h2-7,10,15-16H,8-9,11-14H2,1H3,(H,25,31);(H,6,7). The molecule has 1 aromatic carbocycles. The van der Waals surface area contributed by atoms with Gasteiger partial charge in [-0.3, -0.25) is 19.1 Å². The van der Waals surface area contributed by atoms with Crippen molar-refractivity contribution in [3.8, 4) is 23.0 Å². The van der Waals surface area contributed by atoms with Gasteiger partial charge in [0.2, 0.25) is 0 Å². The van der Waals surface area contributed by atoms with Crippen LogP contribution in [0.15, 0.2) is 55.1 Å². The molecule has 0 aliphatic carbocycles. The number of carboxylic acid groups (broad SMARTS) is 1. The molecule has 2 N–H and O–H groups in total. The van der Waals surface area contributed by atoms with Crippen LogP contribution in [-0.2, 0) is 9.53 Å². The highest BCUT2D eigenvalue weighted by atomic mass is 19.4. The lowest BCUT2D eigenvalue weighted by molar-refractivity contribution is -0.192. The third-order valence-electron chi connectivity index (χ3n) is 5.89. The van der Waals surface area contributed by atoms with Gasteiger partial charge < -0.3 is 19.9 Å². The number of imidazole rings is 1. The van der Waals surface area contributed by atoms with E-state index in [1.54, 1.807) is 36.6 Å². The van der Waals surface area contributed by atoms with Crippen molar-refractivity contribution in [2.24, 2.45) is 0 Å². The van der Waals surface area contributed by atoms with Crippen molar-refractivity contribution in [2.45, 2.75) is 6.18 Å². The van der Waals surface area contributed by atoms with Crippen molar-refractivity contribution >= 4 is 17.4 Å². The Labute approximate surface area is 226 Å². The van der Waals surface area contributed by atoms with Gasteiger partial charge in [0.1, 0.15) is 11.4 Å². The summed E-state index contributed by atoms with van der Waals surface area (Å²) in [4.78, 5) is 33.1. The summed E-state index contributed by atoms with van der Waals surface area (Å²) in [6.07, 6.45) is 1.74. The zero-order chi connectivity index (χ0) is 28.7.